The van der Waals surface area contributed by atoms with E-state index in [0.717, 1.165) is 44.6 Å². The van der Waals surface area contributed by atoms with Crippen molar-refractivity contribution in [3.05, 3.63) is 29.8 Å². The van der Waals surface area contributed by atoms with Gasteiger partial charge in [0.1, 0.15) is 0 Å². The number of carbonyl (C=O) groups excluding carboxylic acids is 1. The fourth-order valence-corrected chi connectivity index (χ4v) is 6.04. The molecule has 6 nitrogen and oxygen atoms in total. The lowest BCUT2D eigenvalue weighted by molar-refractivity contribution is -0.135. The average Bonchev–Trinajstić information content (AvgIpc) is 3.23. The predicted molar refractivity (Wildman–Crippen MR) is 99.1 cm³/mol. The topological polar surface area (TPSA) is 69.7 Å². The Balaban J connectivity index is 1.45. The Bertz CT molecular complexity index is 766. The van der Waals surface area contributed by atoms with Crippen LogP contribution in [0.5, 0.6) is 0 Å². The van der Waals surface area contributed by atoms with Gasteiger partial charge in [0.05, 0.1) is 10.8 Å². The summed E-state index contributed by atoms with van der Waals surface area (Å²) in [5.41, 5.74) is 1.03. The molecule has 0 bridgehead atoms. The third kappa shape index (κ3) is 3.28. The van der Waals surface area contributed by atoms with Gasteiger partial charge < -0.3 is 10.2 Å². The molecule has 0 radical (unpaired) electrons. The number of aryl methyl sites for hydroxylation is 1. The maximum absolute atomic E-state index is 13.0. The number of carbonyl (C=O) groups is 1. The van der Waals surface area contributed by atoms with Gasteiger partial charge >= 0.3 is 0 Å². The predicted octanol–water partition coefficient (Wildman–Crippen LogP) is 1.07. The minimum Gasteiger partial charge on any atom is -0.342 e. The van der Waals surface area contributed by atoms with Gasteiger partial charge in [-0.25, -0.2) is 8.42 Å². The SMILES string of the molecule is Cc1ccc(S(=O)(=O)N2CCCC(C(=O)N3C[C@H]4CNC[C@H]4C3)C2)cc1. The molecule has 0 aliphatic carbocycles. The molecule has 3 fully saturated rings. The van der Waals surface area contributed by atoms with Gasteiger partial charge in [0.25, 0.3) is 0 Å². The van der Waals surface area contributed by atoms with Crippen LogP contribution < -0.4 is 5.32 Å². The van der Waals surface area contributed by atoms with Gasteiger partial charge in [0, 0.05) is 39.3 Å². The average molecular weight is 378 g/mol. The highest BCUT2D eigenvalue weighted by molar-refractivity contribution is 7.89. The van der Waals surface area contributed by atoms with E-state index >= 15 is 0 Å². The highest BCUT2D eigenvalue weighted by Gasteiger charge is 2.41. The molecule has 26 heavy (non-hydrogen) atoms. The molecule has 3 atom stereocenters. The van der Waals surface area contributed by atoms with Gasteiger partial charge in [-0.3, -0.25) is 4.79 Å². The van der Waals surface area contributed by atoms with Crippen molar-refractivity contribution in [1.29, 1.82) is 0 Å². The van der Waals surface area contributed by atoms with E-state index in [1.807, 2.05) is 24.0 Å². The van der Waals surface area contributed by atoms with Crippen LogP contribution >= 0.6 is 0 Å². The molecular weight excluding hydrogens is 350 g/mol. The van der Waals surface area contributed by atoms with E-state index in [-0.39, 0.29) is 11.8 Å². The summed E-state index contributed by atoms with van der Waals surface area (Å²) in [5, 5.41) is 3.39. The Labute approximate surface area is 155 Å². The van der Waals surface area contributed by atoms with Crippen LogP contribution in [0.1, 0.15) is 18.4 Å². The molecule has 0 aromatic heterocycles. The number of hydrogen-bond acceptors (Lipinski definition) is 4. The van der Waals surface area contributed by atoms with Crippen molar-refractivity contribution >= 4 is 15.9 Å². The van der Waals surface area contributed by atoms with Crippen molar-refractivity contribution in [2.24, 2.45) is 17.8 Å². The van der Waals surface area contributed by atoms with Crippen molar-refractivity contribution in [2.45, 2.75) is 24.7 Å². The summed E-state index contributed by atoms with van der Waals surface area (Å²) in [5.74, 6) is 1.06. The smallest absolute Gasteiger partial charge is 0.243 e. The Morgan fingerprint density at radius 1 is 1.08 bits per heavy atom. The Hall–Kier alpha value is -1.44. The molecule has 142 valence electrons. The number of fused-ring (bicyclic) bond motifs is 1. The van der Waals surface area contributed by atoms with Gasteiger partial charge in [-0.05, 0) is 43.7 Å². The summed E-state index contributed by atoms with van der Waals surface area (Å²) >= 11 is 0. The second-order valence-corrected chi connectivity index (χ2v) is 9.87. The molecule has 1 N–H and O–H groups in total. The standard InChI is InChI=1S/C19H27N3O3S/c1-14-4-6-18(7-5-14)26(24,25)22-8-2-3-15(13-22)19(23)21-11-16-9-20-10-17(16)12-21/h4-7,15-17,20H,2-3,8-13H2,1H3/t15?,16-,17+. The van der Waals surface area contributed by atoms with Crippen molar-refractivity contribution in [1.82, 2.24) is 14.5 Å². The van der Waals surface area contributed by atoms with Crippen molar-refractivity contribution < 1.29 is 13.2 Å². The molecule has 4 rings (SSSR count). The Kier molecular flexibility index (Phi) is 4.79. The van der Waals surface area contributed by atoms with Crippen molar-refractivity contribution in [2.75, 3.05) is 39.3 Å². The molecule has 0 saturated carbocycles. The number of nitrogens with one attached hydrogen (secondary N) is 1. The van der Waals surface area contributed by atoms with Crippen molar-refractivity contribution in [3.63, 3.8) is 0 Å². The third-order valence-electron chi connectivity index (χ3n) is 6.09. The van der Waals surface area contributed by atoms with Gasteiger partial charge in [-0.2, -0.15) is 4.31 Å². The summed E-state index contributed by atoms with van der Waals surface area (Å²) in [6.07, 6.45) is 1.52. The number of piperidine rings is 1. The molecule has 3 aliphatic rings. The van der Waals surface area contributed by atoms with Gasteiger partial charge in [-0.1, -0.05) is 17.7 Å². The second kappa shape index (κ2) is 6.94. The highest BCUT2D eigenvalue weighted by Crippen LogP contribution is 2.30. The first-order chi connectivity index (χ1) is 12.4. The van der Waals surface area contributed by atoms with Crippen LogP contribution in [0.2, 0.25) is 0 Å². The number of benzene rings is 1. The van der Waals surface area contributed by atoms with Crippen LogP contribution in [0.15, 0.2) is 29.2 Å². The van der Waals surface area contributed by atoms with E-state index in [0.29, 0.717) is 29.8 Å². The van der Waals surface area contributed by atoms with E-state index in [9.17, 15) is 13.2 Å². The maximum Gasteiger partial charge on any atom is 0.243 e. The summed E-state index contributed by atoms with van der Waals surface area (Å²) in [4.78, 5) is 15.3. The van der Waals surface area contributed by atoms with Crippen LogP contribution in [-0.4, -0.2) is 62.8 Å². The number of amides is 1. The van der Waals surface area contributed by atoms with E-state index in [1.54, 1.807) is 12.1 Å². The number of nitrogens with zero attached hydrogens (tertiary/aromatic N) is 2. The van der Waals surface area contributed by atoms with Gasteiger partial charge in [-0.15, -0.1) is 0 Å². The second-order valence-electron chi connectivity index (χ2n) is 7.94. The monoisotopic (exact) mass is 377 g/mol. The van der Waals surface area contributed by atoms with E-state index in [2.05, 4.69) is 5.32 Å². The molecule has 0 spiro atoms. The normalized spacial score (nSPS) is 29.7. The first-order valence-corrected chi connectivity index (χ1v) is 11.0. The molecule has 1 aromatic carbocycles. The highest BCUT2D eigenvalue weighted by atomic mass is 32.2. The zero-order valence-corrected chi connectivity index (χ0v) is 16.0. The molecule has 1 unspecified atom stereocenters. The summed E-state index contributed by atoms with van der Waals surface area (Å²) in [6, 6.07) is 6.95. The molecule has 1 amide bonds. The van der Waals surface area contributed by atoms with E-state index in [4.69, 9.17) is 0 Å². The molecule has 1 aromatic rings. The summed E-state index contributed by atoms with van der Waals surface area (Å²) < 4.78 is 27.4. The first-order valence-electron chi connectivity index (χ1n) is 9.51. The Morgan fingerprint density at radius 2 is 1.73 bits per heavy atom. The largest absolute Gasteiger partial charge is 0.342 e. The van der Waals surface area contributed by atoms with Gasteiger partial charge in [0.2, 0.25) is 15.9 Å². The maximum atomic E-state index is 13.0. The number of likely N-dealkylation sites (tertiary alicyclic amines) is 1. The molecule has 3 aliphatic heterocycles. The quantitative estimate of drug-likeness (QED) is 0.856. The first kappa shape index (κ1) is 17.9. The number of rotatable bonds is 3. The van der Waals surface area contributed by atoms with E-state index < -0.39 is 10.0 Å². The van der Waals surface area contributed by atoms with Crippen LogP contribution in [0, 0.1) is 24.7 Å². The van der Waals surface area contributed by atoms with Crippen LogP contribution in [0.25, 0.3) is 0 Å². The molecular formula is C19H27N3O3S. The Morgan fingerprint density at radius 3 is 2.38 bits per heavy atom. The minimum absolute atomic E-state index is 0.142. The molecule has 7 heteroatoms. The summed E-state index contributed by atoms with van der Waals surface area (Å²) in [6.45, 7) is 6.36. The van der Waals surface area contributed by atoms with E-state index in [1.165, 1.54) is 4.31 Å². The van der Waals surface area contributed by atoms with Crippen molar-refractivity contribution in [3.8, 4) is 0 Å². The number of hydrogen-bond donors (Lipinski definition) is 1. The van der Waals surface area contributed by atoms with Gasteiger partial charge in [0.15, 0.2) is 0 Å². The fraction of sp³-hybridized carbons (Fsp3) is 0.632. The van der Waals surface area contributed by atoms with Crippen LogP contribution in [-0.2, 0) is 14.8 Å². The van der Waals surface area contributed by atoms with Crippen LogP contribution in [0.3, 0.4) is 0 Å². The zero-order chi connectivity index (χ0) is 18.3. The molecule has 3 heterocycles. The fourth-order valence-electron chi connectivity index (χ4n) is 4.52. The lowest BCUT2D eigenvalue weighted by Gasteiger charge is -2.33. The third-order valence-corrected chi connectivity index (χ3v) is 7.97. The molecule has 3 saturated heterocycles. The lowest BCUT2D eigenvalue weighted by atomic mass is 9.98. The zero-order valence-electron chi connectivity index (χ0n) is 15.2. The lowest BCUT2D eigenvalue weighted by Crippen LogP contribution is -2.46. The van der Waals surface area contributed by atoms with Crippen LogP contribution in [0.4, 0.5) is 0 Å². The number of sulfonamides is 1. The minimum atomic E-state index is -3.53. The summed E-state index contributed by atoms with van der Waals surface area (Å²) in [7, 11) is -3.53.